The second kappa shape index (κ2) is 5.83. The number of aliphatic hydroxyl groups is 1. The van der Waals surface area contributed by atoms with Gasteiger partial charge in [-0.1, -0.05) is 0 Å². The van der Waals surface area contributed by atoms with E-state index in [4.69, 9.17) is 0 Å². The van der Waals surface area contributed by atoms with E-state index in [0.29, 0.717) is 6.04 Å². The zero-order valence-electron chi connectivity index (χ0n) is 10.7. The molecule has 0 radical (unpaired) electrons. The van der Waals surface area contributed by atoms with Crippen LogP contribution in [0.15, 0.2) is 0 Å². The first-order chi connectivity index (χ1) is 8.15. The molecule has 0 aromatic heterocycles. The first-order valence-corrected chi connectivity index (χ1v) is 6.82. The highest BCUT2D eigenvalue weighted by molar-refractivity contribution is 5.79. The highest BCUT2D eigenvalue weighted by Gasteiger charge is 2.27. The highest BCUT2D eigenvalue weighted by Crippen LogP contribution is 2.24. The summed E-state index contributed by atoms with van der Waals surface area (Å²) >= 11 is 0. The van der Waals surface area contributed by atoms with Crippen molar-refractivity contribution in [3.63, 3.8) is 0 Å². The van der Waals surface area contributed by atoms with Crippen LogP contribution in [0.2, 0.25) is 0 Å². The first-order valence-electron chi connectivity index (χ1n) is 6.82. The molecule has 0 aromatic rings. The number of likely N-dealkylation sites (tertiary alicyclic amines) is 1. The van der Waals surface area contributed by atoms with Crippen LogP contribution < -0.4 is 5.32 Å². The fourth-order valence-electron chi connectivity index (χ4n) is 2.94. The minimum atomic E-state index is -0.181. The molecule has 0 bridgehead atoms. The van der Waals surface area contributed by atoms with Gasteiger partial charge in [-0.2, -0.15) is 0 Å². The molecule has 0 unspecified atom stereocenters. The molecule has 1 saturated heterocycles. The number of carbonyl (C=O) groups is 1. The summed E-state index contributed by atoms with van der Waals surface area (Å²) in [5, 5.41) is 12.6. The van der Waals surface area contributed by atoms with E-state index >= 15 is 0 Å². The van der Waals surface area contributed by atoms with Crippen molar-refractivity contribution in [2.45, 2.75) is 50.7 Å². The van der Waals surface area contributed by atoms with Crippen LogP contribution in [0.1, 0.15) is 38.5 Å². The van der Waals surface area contributed by atoms with Gasteiger partial charge in [0.15, 0.2) is 0 Å². The largest absolute Gasteiger partial charge is 0.393 e. The standard InChI is InChI=1S/C13H24N2O2/c1-15-8-2-3-11(9-15)14-13(17)10-4-6-12(16)7-5-10/h10-12,16H,2-9H2,1H3,(H,14,17)/t10?,11-,12?/m1/s1. The van der Waals surface area contributed by atoms with E-state index in [1.54, 1.807) is 0 Å². The van der Waals surface area contributed by atoms with Gasteiger partial charge in [-0.3, -0.25) is 4.79 Å². The van der Waals surface area contributed by atoms with Crippen molar-refractivity contribution in [3.05, 3.63) is 0 Å². The molecular weight excluding hydrogens is 216 g/mol. The number of hydrogen-bond acceptors (Lipinski definition) is 3. The van der Waals surface area contributed by atoms with Crippen LogP contribution in [0.5, 0.6) is 0 Å². The van der Waals surface area contributed by atoms with Crippen molar-refractivity contribution in [2.75, 3.05) is 20.1 Å². The van der Waals surface area contributed by atoms with E-state index in [1.807, 2.05) is 0 Å². The van der Waals surface area contributed by atoms with Gasteiger partial charge in [-0.25, -0.2) is 0 Å². The Morgan fingerprint density at radius 2 is 1.94 bits per heavy atom. The number of nitrogens with one attached hydrogen (secondary N) is 1. The number of piperidine rings is 1. The minimum Gasteiger partial charge on any atom is -0.393 e. The fourth-order valence-corrected chi connectivity index (χ4v) is 2.94. The SMILES string of the molecule is CN1CCC[C@@H](NC(=O)C2CCC(O)CC2)C1. The maximum atomic E-state index is 12.1. The molecule has 0 spiro atoms. The Bertz CT molecular complexity index is 262. The van der Waals surface area contributed by atoms with E-state index in [2.05, 4.69) is 17.3 Å². The molecule has 1 heterocycles. The lowest BCUT2D eigenvalue weighted by Gasteiger charge is -2.32. The highest BCUT2D eigenvalue weighted by atomic mass is 16.3. The first kappa shape index (κ1) is 12.8. The molecule has 1 aliphatic heterocycles. The summed E-state index contributed by atoms with van der Waals surface area (Å²) in [6.07, 6.45) is 5.34. The Morgan fingerprint density at radius 3 is 2.59 bits per heavy atom. The predicted octanol–water partition coefficient (Wildman–Crippen LogP) is 0.748. The molecule has 1 amide bonds. The maximum Gasteiger partial charge on any atom is 0.223 e. The number of carbonyl (C=O) groups excluding carboxylic acids is 1. The average molecular weight is 240 g/mol. The Hall–Kier alpha value is -0.610. The number of likely N-dealkylation sites (N-methyl/N-ethyl adjacent to an activating group) is 1. The molecule has 17 heavy (non-hydrogen) atoms. The van der Waals surface area contributed by atoms with E-state index in [0.717, 1.165) is 45.2 Å². The number of nitrogens with zero attached hydrogens (tertiary/aromatic N) is 1. The third-order valence-electron chi connectivity index (χ3n) is 4.04. The number of rotatable bonds is 2. The summed E-state index contributed by atoms with van der Waals surface area (Å²) in [5.74, 6) is 0.336. The number of amides is 1. The number of aliphatic hydroxyl groups excluding tert-OH is 1. The average Bonchev–Trinajstić information content (AvgIpc) is 2.29. The molecule has 1 aliphatic carbocycles. The lowest BCUT2D eigenvalue weighted by atomic mass is 9.86. The normalized spacial score (nSPS) is 35.5. The molecule has 2 aliphatic rings. The van der Waals surface area contributed by atoms with Crippen molar-refractivity contribution in [1.29, 1.82) is 0 Å². The van der Waals surface area contributed by atoms with Gasteiger partial charge >= 0.3 is 0 Å². The smallest absolute Gasteiger partial charge is 0.223 e. The van der Waals surface area contributed by atoms with Crippen molar-refractivity contribution in [3.8, 4) is 0 Å². The summed E-state index contributed by atoms with van der Waals surface area (Å²) in [6.45, 7) is 2.11. The fraction of sp³-hybridized carbons (Fsp3) is 0.923. The Balaban J connectivity index is 1.76. The predicted molar refractivity (Wildman–Crippen MR) is 66.6 cm³/mol. The molecule has 2 fully saturated rings. The summed E-state index contributed by atoms with van der Waals surface area (Å²) < 4.78 is 0. The van der Waals surface area contributed by atoms with Gasteiger partial charge in [-0.05, 0) is 52.1 Å². The molecule has 2 N–H and O–H groups in total. The maximum absolute atomic E-state index is 12.1. The van der Waals surface area contributed by atoms with E-state index in [9.17, 15) is 9.90 Å². The van der Waals surface area contributed by atoms with E-state index in [-0.39, 0.29) is 17.9 Å². The Morgan fingerprint density at radius 1 is 1.24 bits per heavy atom. The van der Waals surface area contributed by atoms with Gasteiger partial charge in [0.2, 0.25) is 5.91 Å². The van der Waals surface area contributed by atoms with Gasteiger partial charge in [0.25, 0.3) is 0 Å². The van der Waals surface area contributed by atoms with E-state index in [1.165, 1.54) is 6.42 Å². The van der Waals surface area contributed by atoms with Gasteiger partial charge in [0, 0.05) is 18.5 Å². The molecule has 2 rings (SSSR count). The van der Waals surface area contributed by atoms with Crippen LogP contribution in [0.4, 0.5) is 0 Å². The van der Waals surface area contributed by atoms with Crippen molar-refractivity contribution in [1.82, 2.24) is 10.2 Å². The molecule has 4 nitrogen and oxygen atoms in total. The van der Waals surface area contributed by atoms with Crippen LogP contribution in [-0.2, 0) is 4.79 Å². The molecule has 0 aromatic carbocycles. The molecule has 98 valence electrons. The summed E-state index contributed by atoms with van der Waals surface area (Å²) in [4.78, 5) is 14.3. The zero-order chi connectivity index (χ0) is 12.3. The van der Waals surface area contributed by atoms with Crippen LogP contribution >= 0.6 is 0 Å². The monoisotopic (exact) mass is 240 g/mol. The van der Waals surface area contributed by atoms with Gasteiger partial charge < -0.3 is 15.3 Å². The number of hydrogen-bond donors (Lipinski definition) is 2. The second-order valence-corrected chi connectivity index (χ2v) is 5.62. The second-order valence-electron chi connectivity index (χ2n) is 5.62. The molecule has 1 saturated carbocycles. The van der Waals surface area contributed by atoms with Gasteiger partial charge in [0.05, 0.1) is 6.10 Å². The van der Waals surface area contributed by atoms with Gasteiger partial charge in [0.1, 0.15) is 0 Å². The summed E-state index contributed by atoms with van der Waals surface area (Å²) in [7, 11) is 2.11. The third kappa shape index (κ3) is 3.68. The van der Waals surface area contributed by atoms with Crippen molar-refractivity contribution >= 4 is 5.91 Å². The van der Waals surface area contributed by atoms with Crippen LogP contribution in [-0.4, -0.2) is 48.2 Å². The quantitative estimate of drug-likeness (QED) is 0.749. The van der Waals surface area contributed by atoms with Crippen LogP contribution in [0, 0.1) is 5.92 Å². The van der Waals surface area contributed by atoms with Crippen LogP contribution in [0.3, 0.4) is 0 Å². The molecule has 1 atom stereocenters. The molecule has 4 heteroatoms. The zero-order valence-corrected chi connectivity index (χ0v) is 10.7. The van der Waals surface area contributed by atoms with Crippen molar-refractivity contribution < 1.29 is 9.90 Å². The third-order valence-corrected chi connectivity index (χ3v) is 4.04. The summed E-state index contributed by atoms with van der Waals surface area (Å²) in [6, 6.07) is 0.327. The molecular formula is C13H24N2O2. The summed E-state index contributed by atoms with van der Waals surface area (Å²) in [5.41, 5.74) is 0. The van der Waals surface area contributed by atoms with E-state index < -0.39 is 0 Å². The lowest BCUT2D eigenvalue weighted by molar-refractivity contribution is -0.127. The lowest BCUT2D eigenvalue weighted by Crippen LogP contribution is -2.48. The minimum absolute atomic E-state index is 0.130. The van der Waals surface area contributed by atoms with Crippen LogP contribution in [0.25, 0.3) is 0 Å². The Labute approximate surface area is 103 Å². The Kier molecular flexibility index (Phi) is 4.40. The topological polar surface area (TPSA) is 52.6 Å². The van der Waals surface area contributed by atoms with Gasteiger partial charge in [-0.15, -0.1) is 0 Å². The van der Waals surface area contributed by atoms with Crippen molar-refractivity contribution in [2.24, 2.45) is 5.92 Å².